The highest BCUT2D eigenvalue weighted by atomic mass is 16.5. The molecule has 33 heavy (non-hydrogen) atoms. The van der Waals surface area contributed by atoms with E-state index in [4.69, 9.17) is 4.74 Å². The molecule has 3 heteroatoms. The van der Waals surface area contributed by atoms with Crippen LogP contribution in [-0.4, -0.2) is 38.4 Å². The highest BCUT2D eigenvalue weighted by Gasteiger charge is 2.82. The lowest BCUT2D eigenvalue weighted by Crippen LogP contribution is -2.59. The lowest BCUT2D eigenvalue weighted by molar-refractivity contribution is -0.144. The van der Waals surface area contributed by atoms with E-state index in [1.807, 2.05) is 0 Å². The third-order valence-corrected chi connectivity index (χ3v) is 13.5. The molecule has 0 aromatic heterocycles. The van der Waals surface area contributed by atoms with Gasteiger partial charge in [0.1, 0.15) is 0 Å². The number of rotatable bonds is 6. The molecule has 5 aliphatic carbocycles. The van der Waals surface area contributed by atoms with Crippen molar-refractivity contribution in [1.82, 2.24) is 10.6 Å². The summed E-state index contributed by atoms with van der Waals surface area (Å²) in [7, 11) is 4.36. The van der Waals surface area contributed by atoms with Crippen molar-refractivity contribution >= 4 is 0 Å². The van der Waals surface area contributed by atoms with E-state index in [1.165, 1.54) is 51.4 Å². The first kappa shape index (κ1) is 24.6. The Labute approximate surface area is 205 Å². The Morgan fingerprint density at radius 3 is 2.18 bits per heavy atom. The number of nitrogens with one attached hydrogen (secondary N) is 2. The van der Waals surface area contributed by atoms with Crippen LogP contribution in [0.4, 0.5) is 0 Å². The van der Waals surface area contributed by atoms with E-state index in [0.717, 1.165) is 18.3 Å². The van der Waals surface area contributed by atoms with Gasteiger partial charge in [-0.05, 0) is 125 Å². The molecule has 190 valence electrons. The van der Waals surface area contributed by atoms with E-state index in [9.17, 15) is 0 Å². The van der Waals surface area contributed by atoms with Crippen molar-refractivity contribution in [2.45, 2.75) is 131 Å². The average Bonchev–Trinajstić information content (AvgIpc) is 3.37. The minimum absolute atomic E-state index is 0.364. The van der Waals surface area contributed by atoms with Crippen LogP contribution in [0.3, 0.4) is 0 Å². The predicted molar refractivity (Wildman–Crippen MR) is 138 cm³/mol. The molecule has 0 aliphatic heterocycles. The Kier molecular flexibility index (Phi) is 5.72. The first-order valence-corrected chi connectivity index (χ1v) is 14.5. The summed E-state index contributed by atoms with van der Waals surface area (Å²) in [6, 6.07) is 1.20. The molecule has 5 rings (SSSR count). The Morgan fingerprint density at radius 2 is 1.55 bits per heavy atom. The smallest absolute Gasteiger partial charge is 0.0632 e. The number of ether oxygens (including phenoxy) is 1. The first-order valence-electron chi connectivity index (χ1n) is 14.5. The summed E-state index contributed by atoms with van der Waals surface area (Å²) in [6.07, 6.45) is 13.3. The summed E-state index contributed by atoms with van der Waals surface area (Å²) in [5, 5.41) is 7.39. The molecule has 2 spiro atoms. The quantitative estimate of drug-likeness (QED) is 0.482. The maximum Gasteiger partial charge on any atom is 0.0632 e. The van der Waals surface area contributed by atoms with Crippen LogP contribution >= 0.6 is 0 Å². The topological polar surface area (TPSA) is 33.3 Å². The van der Waals surface area contributed by atoms with Crippen LogP contribution in [0.25, 0.3) is 0 Å². The van der Waals surface area contributed by atoms with Gasteiger partial charge in [0.15, 0.2) is 0 Å². The van der Waals surface area contributed by atoms with Crippen molar-refractivity contribution in [3.8, 4) is 0 Å². The lowest BCUT2D eigenvalue weighted by Gasteiger charge is -2.63. The van der Waals surface area contributed by atoms with Crippen molar-refractivity contribution in [3.05, 3.63) is 0 Å². The molecule has 11 atom stereocenters. The Hall–Kier alpha value is -0.120. The third-order valence-electron chi connectivity index (χ3n) is 13.5. The minimum Gasteiger partial charge on any atom is -0.375 e. The maximum absolute atomic E-state index is 6.86. The van der Waals surface area contributed by atoms with Crippen LogP contribution in [-0.2, 0) is 4.74 Å². The molecule has 5 fully saturated rings. The molecule has 5 saturated carbocycles. The van der Waals surface area contributed by atoms with Crippen LogP contribution < -0.4 is 10.6 Å². The summed E-state index contributed by atoms with van der Waals surface area (Å²) in [6.45, 7) is 17.6. The van der Waals surface area contributed by atoms with Crippen LogP contribution in [0.15, 0.2) is 0 Å². The zero-order valence-corrected chi connectivity index (χ0v) is 23.3. The van der Waals surface area contributed by atoms with Gasteiger partial charge in [-0.1, -0.05) is 34.6 Å². The van der Waals surface area contributed by atoms with Gasteiger partial charge in [-0.15, -0.1) is 0 Å². The molecule has 0 amide bonds. The zero-order chi connectivity index (χ0) is 24.0. The second-order valence-electron chi connectivity index (χ2n) is 14.4. The van der Waals surface area contributed by atoms with Crippen molar-refractivity contribution in [3.63, 3.8) is 0 Å². The molecule has 3 nitrogen and oxygen atoms in total. The Morgan fingerprint density at radius 1 is 0.879 bits per heavy atom. The predicted octanol–water partition coefficient (Wildman–Crippen LogP) is 6.42. The van der Waals surface area contributed by atoms with Gasteiger partial charge >= 0.3 is 0 Å². The minimum atomic E-state index is 0.364. The summed E-state index contributed by atoms with van der Waals surface area (Å²) in [5.74, 6) is 2.41. The molecular formula is C30H54N2O. The molecule has 0 radical (unpaired) electrons. The lowest BCUT2D eigenvalue weighted by atomic mass is 9.42. The SMILES string of the molecule is CCC(C)O[C@@H]1C[C@@]2(C)[C@@H]3CC[C@H]4C(C)(C)[C@@H](NC)CC[C@@]45C[C@@]35CC[C@]2(C)C1[C@H](C)NC. The summed E-state index contributed by atoms with van der Waals surface area (Å²) in [5.41, 5.74) is 2.45. The van der Waals surface area contributed by atoms with Gasteiger partial charge in [-0.3, -0.25) is 0 Å². The second-order valence-corrected chi connectivity index (χ2v) is 14.4. The third kappa shape index (κ3) is 2.91. The van der Waals surface area contributed by atoms with Gasteiger partial charge < -0.3 is 15.4 Å². The standard InChI is InChI=1S/C30H54N2O/c1-10-19(2)33-21-17-28(7)23-12-11-22-26(4,5)24(32-9)13-14-29(22)18-30(23,29)16-15-27(28,6)25(21)20(3)31-8/h19-25,31-32H,10-18H2,1-9H3/t19?,20-,21+,22-,23-,24-,25?,27+,28-,29+,30-/m0/s1. The van der Waals surface area contributed by atoms with Crippen LogP contribution in [0.1, 0.15) is 106 Å². The van der Waals surface area contributed by atoms with Crippen LogP contribution in [0.2, 0.25) is 0 Å². The van der Waals surface area contributed by atoms with Gasteiger partial charge in [0.05, 0.1) is 12.2 Å². The van der Waals surface area contributed by atoms with E-state index in [1.54, 1.807) is 0 Å². The van der Waals surface area contributed by atoms with E-state index >= 15 is 0 Å². The summed E-state index contributed by atoms with van der Waals surface area (Å²) < 4.78 is 6.86. The van der Waals surface area contributed by atoms with E-state index in [-0.39, 0.29) is 0 Å². The van der Waals surface area contributed by atoms with E-state index in [2.05, 4.69) is 73.2 Å². The fraction of sp³-hybridized carbons (Fsp3) is 1.00. The molecule has 2 unspecified atom stereocenters. The molecule has 0 aromatic carbocycles. The van der Waals surface area contributed by atoms with Gasteiger partial charge in [-0.25, -0.2) is 0 Å². The first-order chi connectivity index (χ1) is 15.5. The molecule has 5 aliphatic rings. The van der Waals surface area contributed by atoms with Crippen LogP contribution in [0, 0.1) is 44.8 Å². The van der Waals surface area contributed by atoms with Crippen molar-refractivity contribution in [2.24, 2.45) is 44.8 Å². The maximum atomic E-state index is 6.86. The second kappa shape index (κ2) is 7.69. The molecular weight excluding hydrogens is 404 g/mol. The average molecular weight is 459 g/mol. The normalized spacial score (nSPS) is 53.9. The van der Waals surface area contributed by atoms with Gasteiger partial charge in [-0.2, -0.15) is 0 Å². The van der Waals surface area contributed by atoms with Gasteiger partial charge in [0.2, 0.25) is 0 Å². The summed E-state index contributed by atoms with van der Waals surface area (Å²) >= 11 is 0. The number of hydrogen-bond donors (Lipinski definition) is 2. The molecule has 2 N–H and O–H groups in total. The Balaban J connectivity index is 1.51. The monoisotopic (exact) mass is 458 g/mol. The van der Waals surface area contributed by atoms with E-state index in [0.29, 0.717) is 57.3 Å². The molecule has 0 bridgehead atoms. The summed E-state index contributed by atoms with van der Waals surface area (Å²) in [4.78, 5) is 0. The van der Waals surface area contributed by atoms with Crippen molar-refractivity contribution in [1.29, 1.82) is 0 Å². The highest BCUT2D eigenvalue weighted by molar-refractivity contribution is 5.31. The molecule has 0 saturated heterocycles. The largest absolute Gasteiger partial charge is 0.375 e. The van der Waals surface area contributed by atoms with E-state index < -0.39 is 0 Å². The number of fused-ring (bicyclic) bond motifs is 2. The molecule has 0 heterocycles. The number of hydrogen-bond acceptors (Lipinski definition) is 3. The van der Waals surface area contributed by atoms with Gasteiger partial charge in [0, 0.05) is 18.0 Å². The van der Waals surface area contributed by atoms with Crippen molar-refractivity contribution < 1.29 is 4.74 Å². The van der Waals surface area contributed by atoms with Crippen molar-refractivity contribution in [2.75, 3.05) is 14.1 Å². The fourth-order valence-electron chi connectivity index (χ4n) is 11.5. The highest BCUT2D eigenvalue weighted by Crippen LogP contribution is 2.89. The Bertz CT molecular complexity index is 766. The molecule has 0 aromatic rings. The fourth-order valence-corrected chi connectivity index (χ4v) is 11.5. The zero-order valence-electron chi connectivity index (χ0n) is 23.3. The van der Waals surface area contributed by atoms with Crippen LogP contribution in [0.5, 0.6) is 0 Å². The van der Waals surface area contributed by atoms with Gasteiger partial charge in [0.25, 0.3) is 0 Å².